The Labute approximate surface area is 157 Å². The van der Waals surface area contributed by atoms with Gasteiger partial charge in [-0.3, -0.25) is 4.79 Å². The van der Waals surface area contributed by atoms with Crippen LogP contribution in [0.2, 0.25) is 0 Å². The van der Waals surface area contributed by atoms with E-state index in [2.05, 4.69) is 19.9 Å². The van der Waals surface area contributed by atoms with Crippen molar-refractivity contribution in [2.45, 2.75) is 25.9 Å². The third kappa shape index (κ3) is 3.51. The molecule has 0 aliphatic heterocycles. The minimum Gasteiger partial charge on any atom is -0.497 e. The first-order valence-corrected chi connectivity index (χ1v) is 9.01. The molecule has 6 heteroatoms. The van der Waals surface area contributed by atoms with Crippen LogP contribution in [0.1, 0.15) is 25.2 Å². The highest BCUT2D eigenvalue weighted by atomic mass is 16.5. The first-order chi connectivity index (χ1) is 13.1. The van der Waals surface area contributed by atoms with Crippen LogP contribution in [0.5, 0.6) is 5.75 Å². The normalized spacial score (nSPS) is 12.4. The number of carbonyl (C=O) groups is 1. The zero-order chi connectivity index (χ0) is 18.8. The number of methoxy groups -OCH3 is 1. The molecule has 4 rings (SSSR count). The molecule has 0 bridgehead atoms. The third-order valence-electron chi connectivity index (χ3n) is 4.75. The number of ether oxygens (including phenoxy) is 1. The molecule has 2 aromatic carbocycles. The highest BCUT2D eigenvalue weighted by Gasteiger charge is 2.14. The molecule has 4 aromatic rings. The van der Waals surface area contributed by atoms with Crippen molar-refractivity contribution in [2.75, 3.05) is 7.11 Å². The van der Waals surface area contributed by atoms with Crippen molar-refractivity contribution in [1.29, 1.82) is 0 Å². The summed E-state index contributed by atoms with van der Waals surface area (Å²) in [4.78, 5) is 20.2. The van der Waals surface area contributed by atoms with Crippen molar-refractivity contribution in [3.05, 3.63) is 60.6 Å². The van der Waals surface area contributed by atoms with E-state index in [1.165, 1.54) is 0 Å². The van der Waals surface area contributed by atoms with Gasteiger partial charge in [-0.2, -0.15) is 0 Å². The number of aryl methyl sites for hydroxylation is 1. The Morgan fingerprint density at radius 1 is 1.26 bits per heavy atom. The van der Waals surface area contributed by atoms with Crippen molar-refractivity contribution in [3.63, 3.8) is 0 Å². The molecule has 0 saturated heterocycles. The van der Waals surface area contributed by atoms with Gasteiger partial charge in [0.2, 0.25) is 5.91 Å². The van der Waals surface area contributed by atoms with E-state index < -0.39 is 0 Å². The summed E-state index contributed by atoms with van der Waals surface area (Å²) < 4.78 is 7.34. The van der Waals surface area contributed by atoms with Gasteiger partial charge in [-0.05, 0) is 43.3 Å². The first kappa shape index (κ1) is 17.1. The summed E-state index contributed by atoms with van der Waals surface area (Å²) in [6, 6.07) is 15.7. The minimum absolute atomic E-state index is 0.00156. The van der Waals surface area contributed by atoms with Gasteiger partial charge in [-0.15, -0.1) is 0 Å². The van der Waals surface area contributed by atoms with E-state index in [1.54, 1.807) is 7.11 Å². The maximum Gasteiger partial charge on any atom is 0.222 e. The molecule has 0 fully saturated rings. The average molecular weight is 362 g/mol. The van der Waals surface area contributed by atoms with E-state index in [1.807, 2.05) is 61.7 Å². The number of rotatable bonds is 6. The standard InChI is InChI=1S/C21H22N4O2/c1-14(21-23-17-5-3-4-6-18(17)24-21)22-20(26)10-12-25-11-9-15-13-16(27-2)7-8-19(15)25/h3-9,11,13-14H,10,12H2,1-2H3,(H,22,26)(H,23,24)/t14-/m1/s1. The van der Waals surface area contributed by atoms with Crippen LogP contribution < -0.4 is 10.1 Å². The monoisotopic (exact) mass is 362 g/mol. The van der Waals surface area contributed by atoms with Gasteiger partial charge in [-0.25, -0.2) is 4.98 Å². The Balaban J connectivity index is 1.39. The van der Waals surface area contributed by atoms with Gasteiger partial charge in [0.1, 0.15) is 11.6 Å². The van der Waals surface area contributed by atoms with Crippen LogP contribution in [0.3, 0.4) is 0 Å². The summed E-state index contributed by atoms with van der Waals surface area (Å²) in [6.45, 7) is 2.56. The number of para-hydroxylation sites is 2. The predicted octanol–water partition coefficient (Wildman–Crippen LogP) is 3.79. The highest BCUT2D eigenvalue weighted by Crippen LogP contribution is 2.22. The highest BCUT2D eigenvalue weighted by molar-refractivity contribution is 5.82. The lowest BCUT2D eigenvalue weighted by Crippen LogP contribution is -2.28. The Morgan fingerprint density at radius 2 is 2.11 bits per heavy atom. The number of amides is 1. The number of nitrogens with one attached hydrogen (secondary N) is 2. The van der Waals surface area contributed by atoms with E-state index in [0.29, 0.717) is 13.0 Å². The summed E-state index contributed by atoms with van der Waals surface area (Å²) in [5.41, 5.74) is 2.97. The molecule has 0 saturated carbocycles. The molecule has 2 N–H and O–H groups in total. The molecule has 1 atom stereocenters. The maximum absolute atomic E-state index is 12.4. The lowest BCUT2D eigenvalue weighted by molar-refractivity contribution is -0.122. The second kappa shape index (κ2) is 7.15. The number of imidazole rings is 1. The Kier molecular flexibility index (Phi) is 4.54. The summed E-state index contributed by atoms with van der Waals surface area (Å²) in [6.07, 6.45) is 2.40. The van der Waals surface area contributed by atoms with E-state index in [4.69, 9.17) is 4.74 Å². The summed E-state index contributed by atoms with van der Waals surface area (Å²) >= 11 is 0. The number of hydrogen-bond donors (Lipinski definition) is 2. The first-order valence-electron chi connectivity index (χ1n) is 9.01. The van der Waals surface area contributed by atoms with Crippen molar-refractivity contribution < 1.29 is 9.53 Å². The topological polar surface area (TPSA) is 71.9 Å². The Hall–Kier alpha value is -3.28. The fraction of sp³-hybridized carbons (Fsp3) is 0.238. The van der Waals surface area contributed by atoms with Crippen LogP contribution >= 0.6 is 0 Å². The molecule has 2 aromatic heterocycles. The summed E-state index contributed by atoms with van der Waals surface area (Å²) in [5.74, 6) is 1.60. The van der Waals surface area contributed by atoms with E-state index in [9.17, 15) is 4.79 Å². The van der Waals surface area contributed by atoms with Gasteiger partial charge in [-0.1, -0.05) is 12.1 Å². The molecule has 27 heavy (non-hydrogen) atoms. The van der Waals surface area contributed by atoms with Crippen molar-refractivity contribution in [3.8, 4) is 5.75 Å². The van der Waals surface area contributed by atoms with Gasteiger partial charge >= 0.3 is 0 Å². The van der Waals surface area contributed by atoms with Gasteiger partial charge in [0.15, 0.2) is 0 Å². The van der Waals surface area contributed by atoms with Crippen LogP contribution in [0.4, 0.5) is 0 Å². The van der Waals surface area contributed by atoms with E-state index >= 15 is 0 Å². The lowest BCUT2D eigenvalue weighted by Gasteiger charge is -2.12. The number of hydrogen-bond acceptors (Lipinski definition) is 3. The molecular weight excluding hydrogens is 340 g/mol. The van der Waals surface area contributed by atoms with Crippen LogP contribution in [0, 0.1) is 0 Å². The van der Waals surface area contributed by atoms with Gasteiger partial charge in [0, 0.05) is 30.1 Å². The predicted molar refractivity (Wildman–Crippen MR) is 106 cm³/mol. The van der Waals surface area contributed by atoms with E-state index in [0.717, 1.165) is 33.5 Å². The molecule has 0 aliphatic carbocycles. The Morgan fingerprint density at radius 3 is 2.93 bits per heavy atom. The number of carbonyl (C=O) groups excluding carboxylic acids is 1. The summed E-state index contributed by atoms with van der Waals surface area (Å²) in [7, 11) is 1.66. The SMILES string of the molecule is COc1ccc2c(ccn2CCC(=O)N[C@H](C)c2nc3ccccc3[nH]2)c1. The van der Waals surface area contributed by atoms with Crippen molar-refractivity contribution in [2.24, 2.45) is 0 Å². The molecule has 138 valence electrons. The molecule has 0 unspecified atom stereocenters. The van der Waals surface area contributed by atoms with Crippen molar-refractivity contribution >= 4 is 27.8 Å². The molecule has 1 amide bonds. The third-order valence-corrected chi connectivity index (χ3v) is 4.75. The smallest absolute Gasteiger partial charge is 0.222 e. The van der Waals surface area contributed by atoms with Crippen LogP contribution in [0.15, 0.2) is 54.7 Å². The van der Waals surface area contributed by atoms with Gasteiger partial charge in [0.05, 0.1) is 24.2 Å². The number of fused-ring (bicyclic) bond motifs is 2. The van der Waals surface area contributed by atoms with Crippen LogP contribution in [-0.2, 0) is 11.3 Å². The van der Waals surface area contributed by atoms with Crippen LogP contribution in [-0.4, -0.2) is 27.6 Å². The number of aromatic nitrogens is 3. The second-order valence-corrected chi connectivity index (χ2v) is 6.61. The molecule has 2 heterocycles. The van der Waals surface area contributed by atoms with Crippen LogP contribution in [0.25, 0.3) is 21.9 Å². The molecule has 6 nitrogen and oxygen atoms in total. The molecule has 0 spiro atoms. The maximum atomic E-state index is 12.4. The zero-order valence-corrected chi connectivity index (χ0v) is 15.4. The number of aromatic amines is 1. The fourth-order valence-electron chi connectivity index (χ4n) is 3.28. The minimum atomic E-state index is -0.171. The largest absolute Gasteiger partial charge is 0.497 e. The van der Waals surface area contributed by atoms with E-state index in [-0.39, 0.29) is 11.9 Å². The number of H-pyrrole nitrogens is 1. The quantitative estimate of drug-likeness (QED) is 0.548. The van der Waals surface area contributed by atoms with Gasteiger partial charge < -0.3 is 19.6 Å². The fourth-order valence-corrected chi connectivity index (χ4v) is 3.28. The number of benzene rings is 2. The average Bonchev–Trinajstić information content (AvgIpc) is 3.29. The molecule has 0 aliphatic rings. The molecule has 0 radical (unpaired) electrons. The summed E-state index contributed by atoms with van der Waals surface area (Å²) in [5, 5.41) is 4.12. The molecular formula is C21H22N4O2. The van der Waals surface area contributed by atoms with Crippen molar-refractivity contribution in [1.82, 2.24) is 19.9 Å². The lowest BCUT2D eigenvalue weighted by atomic mass is 10.2. The number of nitrogens with zero attached hydrogens (tertiary/aromatic N) is 2. The second-order valence-electron chi connectivity index (χ2n) is 6.61. The Bertz CT molecular complexity index is 1060. The zero-order valence-electron chi connectivity index (χ0n) is 15.4. The van der Waals surface area contributed by atoms with Gasteiger partial charge in [0.25, 0.3) is 0 Å².